The topological polar surface area (TPSA) is 53.1 Å². The molecule has 2 rings (SSSR count). The second-order valence-electron chi connectivity index (χ2n) is 3.68. The lowest BCUT2D eigenvalue weighted by molar-refractivity contribution is 0.856. The second kappa shape index (κ2) is 5.10. The van der Waals surface area contributed by atoms with Gasteiger partial charge in [-0.25, -0.2) is 0 Å². The van der Waals surface area contributed by atoms with Crippen LogP contribution in [0.15, 0.2) is 22.7 Å². The van der Waals surface area contributed by atoms with Crippen molar-refractivity contribution in [3.63, 3.8) is 0 Å². The molecule has 0 unspecified atom stereocenters. The normalized spacial score (nSPS) is 16.2. The van der Waals surface area contributed by atoms with Crippen molar-refractivity contribution in [1.29, 1.82) is 5.41 Å². The first-order valence-electron chi connectivity index (χ1n) is 5.15. The molecule has 0 aromatic heterocycles. The molecule has 0 atom stereocenters. The van der Waals surface area contributed by atoms with Crippen LogP contribution in [0, 0.1) is 5.41 Å². The summed E-state index contributed by atoms with van der Waals surface area (Å²) in [5.74, 6) is 2.48. The van der Waals surface area contributed by atoms with E-state index in [4.69, 9.17) is 11.1 Å². The van der Waals surface area contributed by atoms with E-state index in [1.165, 1.54) is 17.2 Å². The number of nitrogens with two attached hydrogens (primary N) is 1. The summed E-state index contributed by atoms with van der Waals surface area (Å²) in [5, 5.41) is 7.39. The Hall–Kier alpha value is -0.680. The third-order valence-corrected chi connectivity index (χ3v) is 4.19. The van der Waals surface area contributed by atoms with Gasteiger partial charge in [-0.05, 0) is 34.1 Å². The highest BCUT2D eigenvalue weighted by Crippen LogP contribution is 2.29. The van der Waals surface area contributed by atoms with Crippen molar-refractivity contribution < 1.29 is 0 Å². The van der Waals surface area contributed by atoms with Gasteiger partial charge in [-0.1, -0.05) is 0 Å². The van der Waals surface area contributed by atoms with Crippen LogP contribution in [-0.4, -0.2) is 30.4 Å². The van der Waals surface area contributed by atoms with Crippen molar-refractivity contribution in [1.82, 2.24) is 0 Å². The molecule has 1 aromatic carbocycles. The van der Waals surface area contributed by atoms with Crippen molar-refractivity contribution in [2.24, 2.45) is 5.73 Å². The number of hydrogen-bond acceptors (Lipinski definition) is 3. The Kier molecular flexibility index (Phi) is 3.76. The smallest absolute Gasteiger partial charge is 0.122 e. The van der Waals surface area contributed by atoms with Gasteiger partial charge in [-0.3, -0.25) is 5.41 Å². The van der Waals surface area contributed by atoms with E-state index in [1.54, 1.807) is 0 Å². The second-order valence-corrected chi connectivity index (χ2v) is 5.76. The van der Waals surface area contributed by atoms with Gasteiger partial charge in [-0.2, -0.15) is 11.8 Å². The van der Waals surface area contributed by atoms with Gasteiger partial charge in [0.1, 0.15) is 5.84 Å². The molecule has 0 amide bonds. The first-order valence-corrected chi connectivity index (χ1v) is 7.10. The van der Waals surface area contributed by atoms with Gasteiger partial charge in [0.25, 0.3) is 0 Å². The van der Waals surface area contributed by atoms with E-state index in [1.807, 2.05) is 30.0 Å². The summed E-state index contributed by atoms with van der Waals surface area (Å²) < 4.78 is 1.02. The zero-order valence-corrected chi connectivity index (χ0v) is 11.3. The van der Waals surface area contributed by atoms with Gasteiger partial charge in [0.15, 0.2) is 0 Å². The van der Waals surface area contributed by atoms with Crippen LogP contribution < -0.4 is 10.6 Å². The Balaban J connectivity index is 2.24. The molecule has 0 saturated carbocycles. The fourth-order valence-corrected chi connectivity index (χ4v) is 3.27. The van der Waals surface area contributed by atoms with Crippen LogP contribution in [0.2, 0.25) is 0 Å². The average Bonchev–Trinajstić information content (AvgIpc) is 2.30. The number of nitrogen functional groups attached to an aromatic ring is 1. The van der Waals surface area contributed by atoms with Gasteiger partial charge in [-0.15, -0.1) is 0 Å². The summed E-state index contributed by atoms with van der Waals surface area (Å²) in [4.78, 5) is 2.37. The molecule has 0 aliphatic carbocycles. The van der Waals surface area contributed by atoms with Crippen LogP contribution in [0.1, 0.15) is 5.56 Å². The van der Waals surface area contributed by atoms with Crippen molar-refractivity contribution in [2.45, 2.75) is 0 Å². The molecule has 0 spiro atoms. The highest BCUT2D eigenvalue weighted by atomic mass is 79.9. The molecule has 1 aromatic rings. The van der Waals surface area contributed by atoms with E-state index in [9.17, 15) is 0 Å². The average molecular weight is 300 g/mol. The molecule has 0 bridgehead atoms. The number of rotatable bonds is 2. The van der Waals surface area contributed by atoms with Gasteiger partial charge in [0.05, 0.1) is 5.69 Å². The summed E-state index contributed by atoms with van der Waals surface area (Å²) in [6.07, 6.45) is 0. The molecular formula is C11H14BrN3S. The van der Waals surface area contributed by atoms with Crippen molar-refractivity contribution in [2.75, 3.05) is 29.5 Å². The fraction of sp³-hybridized carbons (Fsp3) is 0.364. The van der Waals surface area contributed by atoms with Crippen LogP contribution >= 0.6 is 27.7 Å². The van der Waals surface area contributed by atoms with Crippen LogP contribution in [-0.2, 0) is 0 Å². The highest BCUT2D eigenvalue weighted by Gasteiger charge is 2.14. The van der Waals surface area contributed by atoms with Crippen LogP contribution in [0.4, 0.5) is 5.69 Å². The summed E-state index contributed by atoms with van der Waals surface area (Å²) in [6.45, 7) is 2.17. The zero-order chi connectivity index (χ0) is 11.5. The van der Waals surface area contributed by atoms with Crippen molar-refractivity contribution >= 4 is 39.2 Å². The molecule has 1 aliphatic heterocycles. The molecule has 86 valence electrons. The SMILES string of the molecule is N=C(N)c1ccc(N2CCSCC2)c(Br)c1. The molecule has 0 radical (unpaired) electrons. The van der Waals surface area contributed by atoms with Gasteiger partial charge < -0.3 is 10.6 Å². The van der Waals surface area contributed by atoms with E-state index in [2.05, 4.69) is 20.8 Å². The summed E-state index contributed by atoms with van der Waals surface area (Å²) in [6, 6.07) is 5.86. The van der Waals surface area contributed by atoms with Crippen molar-refractivity contribution in [3.8, 4) is 0 Å². The van der Waals surface area contributed by atoms with Gasteiger partial charge in [0.2, 0.25) is 0 Å². The lowest BCUT2D eigenvalue weighted by Crippen LogP contribution is -2.32. The minimum absolute atomic E-state index is 0.112. The zero-order valence-electron chi connectivity index (χ0n) is 8.87. The van der Waals surface area contributed by atoms with E-state index in [0.717, 1.165) is 23.1 Å². The largest absolute Gasteiger partial charge is 0.384 e. The van der Waals surface area contributed by atoms with Gasteiger partial charge in [0, 0.05) is 34.6 Å². The minimum Gasteiger partial charge on any atom is -0.384 e. The molecule has 3 N–H and O–H groups in total. The predicted molar refractivity (Wildman–Crippen MR) is 74.7 cm³/mol. The number of nitrogens with one attached hydrogen (secondary N) is 1. The quantitative estimate of drug-likeness (QED) is 0.651. The van der Waals surface area contributed by atoms with Crippen LogP contribution in [0.3, 0.4) is 0 Å². The van der Waals surface area contributed by atoms with E-state index < -0.39 is 0 Å². The lowest BCUT2D eigenvalue weighted by atomic mass is 10.2. The maximum absolute atomic E-state index is 7.39. The Morgan fingerprint density at radius 1 is 1.38 bits per heavy atom. The Morgan fingerprint density at radius 2 is 2.06 bits per heavy atom. The Labute approximate surface area is 108 Å². The maximum Gasteiger partial charge on any atom is 0.122 e. The molecule has 1 heterocycles. The van der Waals surface area contributed by atoms with Crippen LogP contribution in [0.25, 0.3) is 0 Å². The first-order chi connectivity index (χ1) is 7.68. The van der Waals surface area contributed by atoms with Crippen molar-refractivity contribution in [3.05, 3.63) is 28.2 Å². The lowest BCUT2D eigenvalue weighted by Gasteiger charge is -2.29. The number of halogens is 1. The van der Waals surface area contributed by atoms with Gasteiger partial charge >= 0.3 is 0 Å². The summed E-state index contributed by atoms with van der Waals surface area (Å²) >= 11 is 5.55. The summed E-state index contributed by atoms with van der Waals surface area (Å²) in [7, 11) is 0. The molecule has 3 nitrogen and oxygen atoms in total. The molecule has 5 heteroatoms. The molecule has 16 heavy (non-hydrogen) atoms. The van der Waals surface area contributed by atoms with Crippen LogP contribution in [0.5, 0.6) is 0 Å². The molecule has 1 fully saturated rings. The number of amidine groups is 1. The molecule has 1 saturated heterocycles. The van der Waals surface area contributed by atoms with E-state index in [-0.39, 0.29) is 5.84 Å². The number of benzene rings is 1. The standard InChI is InChI=1S/C11H14BrN3S/c12-9-7-8(11(13)14)1-2-10(9)15-3-5-16-6-4-15/h1-2,7H,3-6H2,(H3,13,14). The first kappa shape index (κ1) is 11.8. The van der Waals surface area contributed by atoms with E-state index >= 15 is 0 Å². The minimum atomic E-state index is 0.112. The van der Waals surface area contributed by atoms with E-state index in [0.29, 0.717) is 0 Å². The molecular weight excluding hydrogens is 286 g/mol. The predicted octanol–water partition coefficient (Wildman–Crippen LogP) is 2.29. The number of hydrogen-bond donors (Lipinski definition) is 2. The third-order valence-electron chi connectivity index (χ3n) is 2.61. The number of anilines is 1. The number of thioether (sulfide) groups is 1. The highest BCUT2D eigenvalue weighted by molar-refractivity contribution is 9.10. The Morgan fingerprint density at radius 3 is 2.62 bits per heavy atom. The Bertz CT molecular complexity index is 402. The molecule has 1 aliphatic rings. The maximum atomic E-state index is 7.39. The fourth-order valence-electron chi connectivity index (χ4n) is 1.74. The third kappa shape index (κ3) is 2.52. The monoisotopic (exact) mass is 299 g/mol. The summed E-state index contributed by atoms with van der Waals surface area (Å²) in [5.41, 5.74) is 7.42. The number of nitrogens with zero attached hydrogens (tertiary/aromatic N) is 1.